The zero-order valence-corrected chi connectivity index (χ0v) is 35.2. The van der Waals surface area contributed by atoms with Crippen molar-refractivity contribution < 1.29 is 38.0 Å². The monoisotopic (exact) mass is 795 g/mol. The van der Waals surface area contributed by atoms with E-state index in [-0.39, 0.29) is 11.8 Å². The standard InChI is InChI=1S/C47H61N3O8/c1-7-12-21-53-29-37-45(57-25-16-11-5)36(56-24-15-10-4)28-38(58-37)50-35-27-31(55-23-14-9-3)18-20-33(35)40-42-41(46(51)49(6)47(42)52)39-32-19-17-30(54-22-13-8-2)26-34(32)48-43(39)44(40)50/h17-20,26-28,36-37,45,48H,7-16,21-25,29H2,1-6H3. The van der Waals surface area contributed by atoms with E-state index in [4.69, 9.17) is 28.4 Å². The minimum Gasteiger partial charge on any atom is -0.494 e. The highest BCUT2D eigenvalue weighted by Crippen LogP contribution is 2.47. The number of carbonyl (C=O) groups excluding carboxylic acids is 2. The number of hydrogen-bond donors (Lipinski definition) is 1. The van der Waals surface area contributed by atoms with Crippen LogP contribution < -0.4 is 9.47 Å². The molecular formula is C47H61N3O8. The Bertz CT molecular complexity index is 2270. The van der Waals surface area contributed by atoms with Gasteiger partial charge in [0.05, 0.1) is 53.0 Å². The molecule has 4 heterocycles. The Balaban J connectivity index is 1.52. The van der Waals surface area contributed by atoms with Gasteiger partial charge in [0, 0.05) is 66.6 Å². The molecule has 2 amide bonds. The second kappa shape index (κ2) is 19.0. The fourth-order valence-corrected chi connectivity index (χ4v) is 8.04. The summed E-state index contributed by atoms with van der Waals surface area (Å²) in [6.45, 7) is 14.0. The molecule has 58 heavy (non-hydrogen) atoms. The molecule has 0 aliphatic carbocycles. The van der Waals surface area contributed by atoms with Gasteiger partial charge in [0.25, 0.3) is 11.8 Å². The molecule has 5 aromatic rings. The van der Waals surface area contributed by atoms with Crippen molar-refractivity contribution in [2.45, 2.75) is 117 Å². The van der Waals surface area contributed by atoms with Crippen molar-refractivity contribution in [3.63, 3.8) is 0 Å². The predicted molar refractivity (Wildman–Crippen MR) is 230 cm³/mol. The number of nitrogens with zero attached hydrogens (tertiary/aromatic N) is 2. The third-order valence-corrected chi connectivity index (χ3v) is 11.3. The number of aromatic amines is 1. The van der Waals surface area contributed by atoms with Gasteiger partial charge in [-0.25, -0.2) is 0 Å². The van der Waals surface area contributed by atoms with Gasteiger partial charge < -0.3 is 33.4 Å². The highest BCUT2D eigenvalue weighted by molar-refractivity contribution is 6.39. The van der Waals surface area contributed by atoms with Crippen LogP contribution in [0.4, 0.5) is 0 Å². The Morgan fingerprint density at radius 1 is 0.690 bits per heavy atom. The summed E-state index contributed by atoms with van der Waals surface area (Å²) in [7, 11) is 1.56. The quantitative estimate of drug-likeness (QED) is 0.0544. The molecule has 2 aromatic heterocycles. The molecule has 11 heteroatoms. The van der Waals surface area contributed by atoms with Gasteiger partial charge in [0.1, 0.15) is 23.7 Å². The van der Waals surface area contributed by atoms with E-state index in [2.05, 4.69) is 44.2 Å². The maximum atomic E-state index is 14.3. The number of imide groups is 1. The summed E-state index contributed by atoms with van der Waals surface area (Å²) in [5.74, 6) is 1.31. The maximum Gasteiger partial charge on any atom is 0.262 e. The van der Waals surface area contributed by atoms with Crippen LogP contribution in [0, 0.1) is 0 Å². The van der Waals surface area contributed by atoms with Gasteiger partial charge in [-0.05, 0) is 56.4 Å². The number of hydrogen-bond acceptors (Lipinski definition) is 8. The number of carbonyl (C=O) groups is 2. The van der Waals surface area contributed by atoms with Gasteiger partial charge in [-0.1, -0.05) is 66.7 Å². The van der Waals surface area contributed by atoms with E-state index in [9.17, 15) is 9.59 Å². The van der Waals surface area contributed by atoms with Crippen molar-refractivity contribution in [3.8, 4) is 11.5 Å². The van der Waals surface area contributed by atoms with Crippen molar-refractivity contribution in [1.29, 1.82) is 0 Å². The summed E-state index contributed by atoms with van der Waals surface area (Å²) >= 11 is 0. The van der Waals surface area contributed by atoms with Crippen molar-refractivity contribution in [3.05, 3.63) is 53.6 Å². The number of fused-ring (bicyclic) bond motifs is 10. The Hall–Kier alpha value is -4.58. The van der Waals surface area contributed by atoms with E-state index < -0.39 is 18.3 Å². The first-order valence-corrected chi connectivity index (χ1v) is 21.7. The topological polar surface area (TPSA) is 113 Å². The fraction of sp³-hybridized carbons (Fsp3) is 0.532. The van der Waals surface area contributed by atoms with E-state index in [1.165, 1.54) is 4.90 Å². The molecule has 7 rings (SSSR count). The molecule has 3 unspecified atom stereocenters. The van der Waals surface area contributed by atoms with Crippen LogP contribution >= 0.6 is 0 Å². The van der Waals surface area contributed by atoms with Crippen molar-refractivity contribution in [1.82, 2.24) is 14.5 Å². The average Bonchev–Trinajstić information content (AvgIpc) is 3.84. The lowest BCUT2D eigenvalue weighted by Gasteiger charge is -2.37. The lowest BCUT2D eigenvalue weighted by atomic mass is 9.96. The van der Waals surface area contributed by atoms with Gasteiger partial charge in [-0.3, -0.25) is 19.1 Å². The average molecular weight is 796 g/mol. The summed E-state index contributed by atoms with van der Waals surface area (Å²) in [4.78, 5) is 33.4. The zero-order chi connectivity index (χ0) is 40.8. The summed E-state index contributed by atoms with van der Waals surface area (Å²) in [6, 6.07) is 11.9. The van der Waals surface area contributed by atoms with E-state index in [1.807, 2.05) is 42.5 Å². The first-order chi connectivity index (χ1) is 28.4. The van der Waals surface area contributed by atoms with Crippen LogP contribution in [-0.4, -0.2) is 91.3 Å². The lowest BCUT2D eigenvalue weighted by Crippen LogP contribution is -2.47. The van der Waals surface area contributed by atoms with Gasteiger partial charge in [0.2, 0.25) is 0 Å². The summed E-state index contributed by atoms with van der Waals surface area (Å²) in [5.41, 5.74) is 3.82. The molecule has 11 nitrogen and oxygen atoms in total. The number of aromatic nitrogens is 2. The summed E-state index contributed by atoms with van der Waals surface area (Å²) in [6.07, 6.45) is 10.4. The molecular weight excluding hydrogens is 735 g/mol. The zero-order valence-electron chi connectivity index (χ0n) is 35.2. The van der Waals surface area contributed by atoms with E-state index in [0.717, 1.165) is 103 Å². The maximum absolute atomic E-state index is 14.3. The van der Waals surface area contributed by atoms with Gasteiger partial charge in [-0.2, -0.15) is 0 Å². The molecule has 0 bridgehead atoms. The summed E-state index contributed by atoms with van der Waals surface area (Å²) < 4.78 is 41.1. The molecule has 0 saturated carbocycles. The number of nitrogens with one attached hydrogen (secondary N) is 1. The van der Waals surface area contributed by atoms with E-state index in [1.54, 1.807) is 7.05 Å². The number of rotatable bonds is 22. The van der Waals surface area contributed by atoms with E-state index >= 15 is 0 Å². The van der Waals surface area contributed by atoms with Crippen molar-refractivity contribution in [2.75, 3.05) is 46.7 Å². The Labute approximate surface area is 341 Å². The summed E-state index contributed by atoms with van der Waals surface area (Å²) in [5, 5.41) is 3.01. The van der Waals surface area contributed by atoms with Crippen LogP contribution in [0.15, 0.2) is 42.5 Å². The second-order valence-corrected chi connectivity index (χ2v) is 15.6. The minimum absolute atomic E-state index is 0.320. The molecule has 0 saturated heterocycles. The van der Waals surface area contributed by atoms with Crippen LogP contribution in [0.2, 0.25) is 0 Å². The highest BCUT2D eigenvalue weighted by Gasteiger charge is 2.42. The normalized spacial score (nSPS) is 18.2. The molecule has 1 N–H and O–H groups in total. The van der Waals surface area contributed by atoms with Crippen LogP contribution in [0.25, 0.3) is 49.5 Å². The first-order valence-electron chi connectivity index (χ1n) is 21.7. The molecule has 3 aromatic carbocycles. The van der Waals surface area contributed by atoms with E-state index in [0.29, 0.717) is 73.2 Å². The lowest BCUT2D eigenvalue weighted by molar-refractivity contribution is -0.135. The molecule has 2 aliphatic rings. The number of amides is 2. The molecule has 3 atom stereocenters. The highest BCUT2D eigenvalue weighted by atomic mass is 16.6. The SMILES string of the molecule is CCCCOCC1OC(n2c3cc(OCCCC)ccc3c3c4c(c5c6ccc(OCCCC)cc6[nH]c5c32)C(=O)N(C)C4=O)=CC(OCCCC)C1OCCCC. The van der Waals surface area contributed by atoms with Crippen LogP contribution in [-0.2, 0) is 18.9 Å². The Morgan fingerprint density at radius 2 is 1.28 bits per heavy atom. The van der Waals surface area contributed by atoms with Crippen molar-refractivity contribution >= 4 is 61.3 Å². The second-order valence-electron chi connectivity index (χ2n) is 15.6. The molecule has 0 radical (unpaired) electrons. The molecule has 312 valence electrons. The number of H-pyrrole nitrogens is 1. The Kier molecular flexibility index (Phi) is 13.6. The molecule has 2 aliphatic heterocycles. The van der Waals surface area contributed by atoms with Crippen LogP contribution in [0.5, 0.6) is 11.5 Å². The smallest absolute Gasteiger partial charge is 0.262 e. The number of unbranched alkanes of at least 4 members (excludes halogenated alkanes) is 5. The predicted octanol–water partition coefficient (Wildman–Crippen LogP) is 10.4. The molecule has 0 spiro atoms. The molecule has 0 fully saturated rings. The minimum atomic E-state index is -0.485. The van der Waals surface area contributed by atoms with Gasteiger partial charge >= 0.3 is 0 Å². The van der Waals surface area contributed by atoms with Crippen LogP contribution in [0.1, 0.15) is 120 Å². The van der Waals surface area contributed by atoms with Crippen molar-refractivity contribution in [2.24, 2.45) is 0 Å². The Morgan fingerprint density at radius 3 is 1.95 bits per heavy atom. The first kappa shape index (κ1) is 41.6. The third-order valence-electron chi connectivity index (χ3n) is 11.3. The van der Waals surface area contributed by atoms with Gasteiger partial charge in [0.15, 0.2) is 12.0 Å². The third kappa shape index (κ3) is 8.05. The number of benzene rings is 3. The number of ether oxygens (including phenoxy) is 6. The fourth-order valence-electron chi connectivity index (χ4n) is 8.04. The van der Waals surface area contributed by atoms with Gasteiger partial charge in [-0.15, -0.1) is 0 Å². The largest absolute Gasteiger partial charge is 0.494 e. The van der Waals surface area contributed by atoms with Crippen LogP contribution in [0.3, 0.4) is 0 Å².